The highest BCUT2D eigenvalue weighted by atomic mass is 16.5. The molecule has 1 unspecified atom stereocenters. The predicted octanol–water partition coefficient (Wildman–Crippen LogP) is 2.09. The number of fused-ring (bicyclic) bond motifs is 1. The second kappa shape index (κ2) is 8.70. The zero-order chi connectivity index (χ0) is 22.8. The molecule has 9 heteroatoms. The molecule has 2 aliphatic rings. The number of hydrogen-bond donors (Lipinski definition) is 3. The average molecular weight is 436 g/mol. The van der Waals surface area contributed by atoms with E-state index in [9.17, 15) is 19.2 Å². The Labute approximate surface area is 185 Å². The zero-order valence-electron chi connectivity index (χ0n) is 17.9. The number of carbonyl (C=O) groups excluding carboxylic acids is 4. The number of hydrogen-bond acceptors (Lipinski definition) is 5. The molecule has 5 amide bonds. The molecule has 4 rings (SSSR count). The van der Waals surface area contributed by atoms with Crippen LogP contribution in [0.4, 0.5) is 10.5 Å². The van der Waals surface area contributed by atoms with Gasteiger partial charge >= 0.3 is 6.03 Å². The number of amides is 5. The largest absolute Gasteiger partial charge is 0.497 e. The van der Waals surface area contributed by atoms with E-state index in [-0.39, 0.29) is 30.8 Å². The van der Waals surface area contributed by atoms with Crippen molar-refractivity contribution in [2.24, 2.45) is 0 Å². The Hall–Kier alpha value is -3.88. The molecular weight excluding hydrogens is 412 g/mol. The second-order valence-electron chi connectivity index (χ2n) is 7.94. The van der Waals surface area contributed by atoms with E-state index in [1.807, 2.05) is 25.1 Å². The summed E-state index contributed by atoms with van der Waals surface area (Å²) in [4.78, 5) is 50.1. The number of carbonyl (C=O) groups is 4. The van der Waals surface area contributed by atoms with Crippen molar-refractivity contribution in [3.05, 3.63) is 58.7 Å². The van der Waals surface area contributed by atoms with E-state index < -0.39 is 11.9 Å². The van der Waals surface area contributed by atoms with Crippen molar-refractivity contribution in [2.75, 3.05) is 12.4 Å². The Morgan fingerprint density at radius 2 is 2.00 bits per heavy atom. The molecule has 2 aliphatic heterocycles. The quantitative estimate of drug-likeness (QED) is 0.621. The van der Waals surface area contributed by atoms with Crippen molar-refractivity contribution >= 4 is 29.4 Å². The average Bonchev–Trinajstić information content (AvgIpc) is 3.07. The summed E-state index contributed by atoms with van der Waals surface area (Å²) in [5.41, 5.74) is 3.75. The summed E-state index contributed by atoms with van der Waals surface area (Å²) in [6.45, 7) is 2.48. The number of ether oxygens (including phenoxy) is 1. The number of nitrogens with one attached hydrogen (secondary N) is 3. The first-order valence-electron chi connectivity index (χ1n) is 10.3. The van der Waals surface area contributed by atoms with Gasteiger partial charge in [-0.2, -0.15) is 0 Å². The van der Waals surface area contributed by atoms with Gasteiger partial charge in [0.25, 0.3) is 5.91 Å². The van der Waals surface area contributed by atoms with Gasteiger partial charge in [-0.1, -0.05) is 12.1 Å². The van der Waals surface area contributed by atoms with E-state index >= 15 is 0 Å². The molecule has 0 bridgehead atoms. The molecule has 3 N–H and O–H groups in total. The normalized spacial score (nSPS) is 17.6. The zero-order valence-corrected chi connectivity index (χ0v) is 17.9. The van der Waals surface area contributed by atoms with Crippen LogP contribution in [0.15, 0.2) is 36.4 Å². The van der Waals surface area contributed by atoms with Gasteiger partial charge in [-0.05, 0) is 48.2 Å². The maximum absolute atomic E-state index is 12.8. The SMILES string of the molecule is COc1cc(C)cc(NC(=O)NCc2ccc3c(c2)CN(C2CCC(=O)NC2=O)C3=O)c1. The molecule has 166 valence electrons. The van der Waals surface area contributed by atoms with Crippen molar-refractivity contribution in [3.8, 4) is 5.75 Å². The van der Waals surface area contributed by atoms with Gasteiger partial charge in [-0.15, -0.1) is 0 Å². The number of anilines is 1. The minimum absolute atomic E-state index is 0.216. The van der Waals surface area contributed by atoms with Gasteiger partial charge in [0.15, 0.2) is 0 Å². The van der Waals surface area contributed by atoms with Crippen LogP contribution in [0, 0.1) is 6.92 Å². The van der Waals surface area contributed by atoms with Crippen LogP contribution < -0.4 is 20.7 Å². The number of aryl methyl sites for hydroxylation is 1. The standard InChI is InChI=1S/C23H24N4O5/c1-13-7-16(10-17(8-13)32-2)25-23(31)24-11-14-3-4-18-15(9-14)12-27(22(18)30)19-5-6-20(28)26-21(19)29/h3-4,7-10,19H,5-6,11-12H2,1-2H3,(H2,24,25,31)(H,26,28,29). The maximum atomic E-state index is 12.8. The smallest absolute Gasteiger partial charge is 0.319 e. The first-order chi connectivity index (χ1) is 15.3. The summed E-state index contributed by atoms with van der Waals surface area (Å²) >= 11 is 0. The van der Waals surface area contributed by atoms with Crippen molar-refractivity contribution in [3.63, 3.8) is 0 Å². The lowest BCUT2D eigenvalue weighted by atomic mass is 10.0. The number of urea groups is 1. The Bertz CT molecular complexity index is 1110. The predicted molar refractivity (Wildman–Crippen MR) is 116 cm³/mol. The third kappa shape index (κ3) is 4.41. The van der Waals surface area contributed by atoms with Crippen molar-refractivity contribution < 1.29 is 23.9 Å². The first kappa shape index (κ1) is 21.4. The van der Waals surface area contributed by atoms with E-state index in [0.29, 0.717) is 30.0 Å². The van der Waals surface area contributed by atoms with Gasteiger partial charge in [0.1, 0.15) is 11.8 Å². The fraction of sp³-hybridized carbons (Fsp3) is 0.304. The Kier molecular flexibility index (Phi) is 5.81. The first-order valence-corrected chi connectivity index (χ1v) is 10.3. The molecular formula is C23H24N4O5. The summed E-state index contributed by atoms with van der Waals surface area (Å²) in [7, 11) is 1.57. The third-order valence-corrected chi connectivity index (χ3v) is 5.59. The van der Waals surface area contributed by atoms with Gasteiger partial charge in [0.05, 0.1) is 7.11 Å². The Morgan fingerprint density at radius 1 is 1.19 bits per heavy atom. The third-order valence-electron chi connectivity index (χ3n) is 5.59. The molecule has 0 aliphatic carbocycles. The number of methoxy groups -OCH3 is 1. The lowest BCUT2D eigenvalue weighted by Gasteiger charge is -2.29. The molecule has 0 radical (unpaired) electrons. The van der Waals surface area contributed by atoms with Gasteiger partial charge in [-0.3, -0.25) is 19.7 Å². The van der Waals surface area contributed by atoms with Crippen LogP contribution in [0.25, 0.3) is 0 Å². The summed E-state index contributed by atoms with van der Waals surface area (Å²) in [5.74, 6) is -0.316. The molecule has 1 fully saturated rings. The summed E-state index contributed by atoms with van der Waals surface area (Å²) in [6, 6.07) is 9.78. The lowest BCUT2D eigenvalue weighted by molar-refractivity contribution is -0.136. The van der Waals surface area contributed by atoms with Crippen LogP contribution in [0.3, 0.4) is 0 Å². The van der Waals surface area contributed by atoms with Crippen molar-refractivity contribution in [2.45, 2.75) is 38.9 Å². The molecule has 32 heavy (non-hydrogen) atoms. The van der Waals surface area contributed by atoms with Crippen LogP contribution in [-0.2, 0) is 22.7 Å². The van der Waals surface area contributed by atoms with Crippen LogP contribution >= 0.6 is 0 Å². The number of rotatable bonds is 5. The van der Waals surface area contributed by atoms with Gasteiger partial charge in [0.2, 0.25) is 11.8 Å². The summed E-state index contributed by atoms with van der Waals surface area (Å²) < 4.78 is 5.22. The highest BCUT2D eigenvalue weighted by Gasteiger charge is 2.39. The fourth-order valence-electron chi connectivity index (χ4n) is 4.03. The number of nitrogens with zero attached hydrogens (tertiary/aromatic N) is 1. The topological polar surface area (TPSA) is 117 Å². The molecule has 1 atom stereocenters. The van der Waals surface area contributed by atoms with E-state index in [1.54, 1.807) is 25.3 Å². The van der Waals surface area contributed by atoms with Crippen LogP contribution in [0.5, 0.6) is 5.75 Å². The highest BCUT2D eigenvalue weighted by molar-refractivity contribution is 6.05. The van der Waals surface area contributed by atoms with Crippen LogP contribution in [-0.4, -0.2) is 41.8 Å². The molecule has 0 spiro atoms. The van der Waals surface area contributed by atoms with Crippen LogP contribution in [0.2, 0.25) is 0 Å². The molecule has 2 heterocycles. The molecule has 0 saturated carbocycles. The lowest BCUT2D eigenvalue weighted by Crippen LogP contribution is -2.52. The molecule has 1 saturated heterocycles. The molecule has 2 aromatic rings. The minimum Gasteiger partial charge on any atom is -0.497 e. The van der Waals surface area contributed by atoms with E-state index in [4.69, 9.17) is 4.74 Å². The second-order valence-corrected chi connectivity index (χ2v) is 7.94. The monoisotopic (exact) mass is 436 g/mol. The maximum Gasteiger partial charge on any atom is 0.319 e. The number of piperidine rings is 1. The highest BCUT2D eigenvalue weighted by Crippen LogP contribution is 2.28. The van der Waals surface area contributed by atoms with Gasteiger partial charge in [0, 0.05) is 36.8 Å². The van der Waals surface area contributed by atoms with Gasteiger partial charge in [-0.25, -0.2) is 4.79 Å². The minimum atomic E-state index is -0.647. The molecule has 0 aromatic heterocycles. The van der Waals surface area contributed by atoms with E-state index in [0.717, 1.165) is 16.7 Å². The molecule has 9 nitrogen and oxygen atoms in total. The molecule has 2 aromatic carbocycles. The van der Waals surface area contributed by atoms with E-state index in [2.05, 4.69) is 16.0 Å². The number of benzene rings is 2. The van der Waals surface area contributed by atoms with Crippen LogP contribution in [0.1, 0.15) is 39.9 Å². The van der Waals surface area contributed by atoms with E-state index in [1.165, 1.54) is 4.90 Å². The van der Waals surface area contributed by atoms with Crippen molar-refractivity contribution in [1.82, 2.24) is 15.5 Å². The summed E-state index contributed by atoms with van der Waals surface area (Å²) in [6.07, 6.45) is 0.538. The van der Waals surface area contributed by atoms with Gasteiger partial charge < -0.3 is 20.3 Å². The number of imide groups is 1. The Balaban J connectivity index is 1.38. The van der Waals surface area contributed by atoms with Crippen molar-refractivity contribution in [1.29, 1.82) is 0 Å². The fourth-order valence-corrected chi connectivity index (χ4v) is 4.03. The summed E-state index contributed by atoms with van der Waals surface area (Å²) in [5, 5.41) is 7.88. The Morgan fingerprint density at radius 3 is 2.75 bits per heavy atom.